The van der Waals surface area contributed by atoms with Crippen molar-refractivity contribution in [2.24, 2.45) is 14.1 Å². The molecule has 2 rings (SSSR count). The van der Waals surface area contributed by atoms with Crippen molar-refractivity contribution in [3.63, 3.8) is 0 Å². The average molecular weight is 324 g/mol. The van der Waals surface area contributed by atoms with Gasteiger partial charge in [0, 0.05) is 25.9 Å². The van der Waals surface area contributed by atoms with Gasteiger partial charge in [-0.15, -0.1) is 0 Å². The molecule has 1 aliphatic rings. The maximum atomic E-state index is 12.0. The molecule has 0 bridgehead atoms. The molecule has 120 valence electrons. The van der Waals surface area contributed by atoms with Crippen LogP contribution in [0.25, 0.3) is 0 Å². The molecular formula is C14H20N4O3S. The van der Waals surface area contributed by atoms with E-state index in [0.717, 1.165) is 16.7 Å². The van der Waals surface area contributed by atoms with E-state index >= 15 is 0 Å². The molecule has 1 saturated carbocycles. The number of nitrogens with zero attached hydrogens (tertiary/aromatic N) is 3. The number of hydrogen-bond donors (Lipinski definition) is 2. The minimum Gasteiger partial charge on any atom is -0.387 e. The molecule has 1 aromatic heterocycles. The first-order valence-corrected chi connectivity index (χ1v) is 8.18. The smallest absolute Gasteiger partial charge is 0.332 e. The molecule has 1 aliphatic carbocycles. The Morgan fingerprint density at radius 3 is 2.64 bits per heavy atom. The van der Waals surface area contributed by atoms with Gasteiger partial charge >= 0.3 is 5.69 Å². The number of nitrogens with one attached hydrogen (secondary N) is 1. The minimum absolute atomic E-state index is 0.118. The van der Waals surface area contributed by atoms with Crippen LogP contribution in [-0.2, 0) is 14.1 Å². The van der Waals surface area contributed by atoms with E-state index in [4.69, 9.17) is 0 Å². The Labute approximate surface area is 132 Å². The molecule has 8 heteroatoms. The number of aliphatic hydroxyl groups is 1. The molecule has 2 N–H and O–H groups in total. The quantitative estimate of drug-likeness (QED) is 0.792. The lowest BCUT2D eigenvalue weighted by molar-refractivity contribution is -0.0121. The Bertz CT molecular complexity index is 733. The summed E-state index contributed by atoms with van der Waals surface area (Å²) in [6, 6.07) is 1.84. The molecule has 0 spiro atoms. The van der Waals surface area contributed by atoms with Crippen molar-refractivity contribution >= 4 is 17.6 Å². The molecule has 1 heterocycles. The van der Waals surface area contributed by atoms with Crippen LogP contribution in [0.5, 0.6) is 0 Å². The number of anilines is 1. The predicted molar refractivity (Wildman–Crippen MR) is 86.2 cm³/mol. The van der Waals surface area contributed by atoms with E-state index in [9.17, 15) is 20.0 Å². The molecular weight excluding hydrogens is 304 g/mol. The Morgan fingerprint density at radius 2 is 2.14 bits per heavy atom. The zero-order valence-corrected chi connectivity index (χ0v) is 13.7. The van der Waals surface area contributed by atoms with Gasteiger partial charge in [-0.2, -0.15) is 17.0 Å². The summed E-state index contributed by atoms with van der Waals surface area (Å²) in [4.78, 5) is 24.0. The molecule has 22 heavy (non-hydrogen) atoms. The SMILES string of the molecule is CCSC1CCC1(O)CNc1c(C#N)c(=O)n(C)c(=O)n1C. The van der Waals surface area contributed by atoms with Crippen LogP contribution in [-0.4, -0.2) is 37.4 Å². The van der Waals surface area contributed by atoms with Crippen LogP contribution in [0.15, 0.2) is 9.59 Å². The van der Waals surface area contributed by atoms with E-state index in [1.807, 2.05) is 13.0 Å². The topological polar surface area (TPSA) is 100 Å². The second kappa shape index (κ2) is 6.18. The molecule has 0 aromatic carbocycles. The molecule has 0 amide bonds. The highest BCUT2D eigenvalue weighted by molar-refractivity contribution is 8.00. The minimum atomic E-state index is -0.871. The first-order valence-electron chi connectivity index (χ1n) is 7.13. The third-order valence-corrected chi connectivity index (χ3v) is 5.56. The van der Waals surface area contributed by atoms with Crippen LogP contribution in [0.1, 0.15) is 25.3 Å². The van der Waals surface area contributed by atoms with E-state index in [0.29, 0.717) is 6.42 Å². The number of aromatic nitrogens is 2. The molecule has 2 unspecified atom stereocenters. The lowest BCUT2D eigenvalue weighted by Crippen LogP contribution is -2.55. The zero-order valence-electron chi connectivity index (χ0n) is 12.9. The van der Waals surface area contributed by atoms with Gasteiger partial charge in [-0.1, -0.05) is 6.92 Å². The summed E-state index contributed by atoms with van der Waals surface area (Å²) in [5.74, 6) is 1.08. The predicted octanol–water partition coefficient (Wildman–Crippen LogP) is 0.0142. The van der Waals surface area contributed by atoms with E-state index in [1.54, 1.807) is 11.8 Å². The van der Waals surface area contributed by atoms with Crippen LogP contribution in [0.3, 0.4) is 0 Å². The monoisotopic (exact) mass is 324 g/mol. The van der Waals surface area contributed by atoms with E-state index in [-0.39, 0.29) is 23.2 Å². The highest BCUT2D eigenvalue weighted by Crippen LogP contribution is 2.41. The van der Waals surface area contributed by atoms with Gasteiger partial charge in [0.05, 0.1) is 5.60 Å². The Kier molecular flexibility index (Phi) is 4.68. The van der Waals surface area contributed by atoms with Gasteiger partial charge in [-0.25, -0.2) is 4.79 Å². The van der Waals surface area contributed by atoms with E-state index in [2.05, 4.69) is 5.32 Å². The molecule has 1 aromatic rings. The molecule has 0 saturated heterocycles. The fraction of sp³-hybridized carbons (Fsp3) is 0.643. The van der Waals surface area contributed by atoms with Crippen LogP contribution in [0.2, 0.25) is 0 Å². The Balaban J connectivity index is 2.30. The number of rotatable bonds is 5. The van der Waals surface area contributed by atoms with Crippen LogP contribution in [0, 0.1) is 11.3 Å². The summed E-state index contributed by atoms with van der Waals surface area (Å²) >= 11 is 1.69. The second-order valence-corrected chi connectivity index (χ2v) is 6.96. The first kappa shape index (κ1) is 16.6. The number of thioether (sulfide) groups is 1. The third-order valence-electron chi connectivity index (χ3n) is 4.14. The maximum absolute atomic E-state index is 12.0. The zero-order chi connectivity index (χ0) is 16.5. The van der Waals surface area contributed by atoms with Gasteiger partial charge in [0.25, 0.3) is 5.56 Å². The van der Waals surface area contributed by atoms with Crippen molar-refractivity contribution in [2.75, 3.05) is 17.6 Å². The average Bonchev–Trinajstić information content (AvgIpc) is 2.51. The molecule has 2 atom stereocenters. The van der Waals surface area contributed by atoms with Gasteiger partial charge in [0.2, 0.25) is 0 Å². The molecule has 0 radical (unpaired) electrons. The van der Waals surface area contributed by atoms with Crippen molar-refractivity contribution in [3.8, 4) is 6.07 Å². The van der Waals surface area contributed by atoms with Crippen molar-refractivity contribution < 1.29 is 5.11 Å². The standard InChI is InChI=1S/C14H20N4O3S/c1-4-22-10-5-6-14(10,21)8-16-11-9(7-15)12(19)18(3)13(20)17(11)2/h10,16,21H,4-6,8H2,1-3H3. The summed E-state index contributed by atoms with van der Waals surface area (Å²) in [5, 5.41) is 22.8. The number of nitriles is 1. The van der Waals surface area contributed by atoms with Gasteiger partial charge in [0.15, 0.2) is 5.56 Å². The summed E-state index contributed by atoms with van der Waals surface area (Å²) in [5.41, 5.74) is -2.13. The van der Waals surface area contributed by atoms with Gasteiger partial charge in [0.1, 0.15) is 11.9 Å². The lowest BCUT2D eigenvalue weighted by Gasteiger charge is -2.45. The second-order valence-electron chi connectivity index (χ2n) is 5.48. The normalized spacial score (nSPS) is 23.7. The maximum Gasteiger partial charge on any atom is 0.332 e. The summed E-state index contributed by atoms with van der Waals surface area (Å²) in [6.45, 7) is 2.25. The van der Waals surface area contributed by atoms with E-state index < -0.39 is 16.9 Å². The van der Waals surface area contributed by atoms with Crippen molar-refractivity contribution in [3.05, 3.63) is 26.4 Å². The molecule has 0 aliphatic heterocycles. The van der Waals surface area contributed by atoms with Crippen LogP contribution >= 0.6 is 11.8 Å². The van der Waals surface area contributed by atoms with Crippen molar-refractivity contribution in [2.45, 2.75) is 30.6 Å². The first-order chi connectivity index (χ1) is 10.4. The highest BCUT2D eigenvalue weighted by atomic mass is 32.2. The van der Waals surface area contributed by atoms with Crippen LogP contribution < -0.4 is 16.6 Å². The molecule has 7 nitrogen and oxygen atoms in total. The largest absolute Gasteiger partial charge is 0.387 e. The lowest BCUT2D eigenvalue weighted by atomic mass is 9.79. The number of hydrogen-bond acceptors (Lipinski definition) is 6. The fourth-order valence-corrected chi connectivity index (χ4v) is 3.82. The van der Waals surface area contributed by atoms with Crippen molar-refractivity contribution in [1.82, 2.24) is 9.13 Å². The Hall–Kier alpha value is -1.72. The van der Waals surface area contributed by atoms with Crippen molar-refractivity contribution in [1.29, 1.82) is 5.26 Å². The molecule has 1 fully saturated rings. The van der Waals surface area contributed by atoms with Gasteiger partial charge in [-0.3, -0.25) is 13.9 Å². The third kappa shape index (κ3) is 2.66. The van der Waals surface area contributed by atoms with E-state index in [1.165, 1.54) is 18.7 Å². The summed E-state index contributed by atoms with van der Waals surface area (Å²) in [7, 11) is 2.83. The fourth-order valence-electron chi connectivity index (χ4n) is 2.63. The van der Waals surface area contributed by atoms with Gasteiger partial charge in [-0.05, 0) is 18.6 Å². The summed E-state index contributed by atoms with van der Waals surface area (Å²) in [6.07, 6.45) is 1.61. The van der Waals surface area contributed by atoms with Crippen LogP contribution in [0.4, 0.5) is 5.82 Å². The highest BCUT2D eigenvalue weighted by Gasteiger charge is 2.45. The van der Waals surface area contributed by atoms with Gasteiger partial charge < -0.3 is 10.4 Å². The summed E-state index contributed by atoms with van der Waals surface area (Å²) < 4.78 is 2.13. The Morgan fingerprint density at radius 1 is 1.45 bits per heavy atom.